The van der Waals surface area contributed by atoms with Gasteiger partial charge in [-0.1, -0.05) is 0 Å². The quantitative estimate of drug-likeness (QED) is 0.915. The number of alkyl halides is 3. The van der Waals surface area contributed by atoms with E-state index in [0.29, 0.717) is 25.5 Å². The minimum Gasteiger partial charge on any atom is -0.356 e. The second-order valence-corrected chi connectivity index (χ2v) is 5.86. The molecule has 1 unspecified atom stereocenters. The van der Waals surface area contributed by atoms with E-state index in [-0.39, 0.29) is 17.6 Å². The highest BCUT2D eigenvalue weighted by molar-refractivity contribution is 5.72. The van der Waals surface area contributed by atoms with Gasteiger partial charge in [0, 0.05) is 32.6 Å². The SMILES string of the molecule is CC(=O)NCC1CCCN(c2cc(C(F)(F)F)nc3ncnn23)C1. The minimum absolute atomic E-state index is 0.0798. The molecule has 0 spiro atoms. The number of amides is 1. The van der Waals surface area contributed by atoms with E-state index in [1.807, 2.05) is 4.90 Å². The number of piperidine rings is 1. The third-order valence-corrected chi connectivity index (χ3v) is 4.01. The van der Waals surface area contributed by atoms with E-state index in [0.717, 1.165) is 18.9 Å². The van der Waals surface area contributed by atoms with Gasteiger partial charge in [0.15, 0.2) is 5.69 Å². The molecule has 10 heteroatoms. The fraction of sp³-hybridized carbons (Fsp3) is 0.571. The van der Waals surface area contributed by atoms with Crippen LogP contribution >= 0.6 is 0 Å². The van der Waals surface area contributed by atoms with Crippen molar-refractivity contribution in [3.8, 4) is 0 Å². The number of nitrogens with one attached hydrogen (secondary N) is 1. The van der Waals surface area contributed by atoms with Crippen LogP contribution in [-0.4, -0.2) is 45.1 Å². The second-order valence-electron chi connectivity index (χ2n) is 5.86. The Morgan fingerprint density at radius 3 is 2.96 bits per heavy atom. The Hall–Kier alpha value is -2.39. The molecule has 1 saturated heterocycles. The first kappa shape index (κ1) is 16.5. The topological polar surface area (TPSA) is 75.4 Å². The molecular weight excluding hydrogens is 325 g/mol. The molecule has 1 aliphatic heterocycles. The Morgan fingerprint density at radius 1 is 1.46 bits per heavy atom. The fourth-order valence-electron chi connectivity index (χ4n) is 2.89. The van der Waals surface area contributed by atoms with Crippen molar-refractivity contribution in [1.29, 1.82) is 0 Å². The molecule has 1 amide bonds. The number of anilines is 1. The molecule has 0 aromatic carbocycles. The molecular formula is C14H17F3N6O. The normalized spacial score (nSPS) is 18.8. The lowest BCUT2D eigenvalue weighted by atomic mass is 9.98. The van der Waals surface area contributed by atoms with E-state index in [2.05, 4.69) is 20.4 Å². The number of hydrogen-bond acceptors (Lipinski definition) is 5. The largest absolute Gasteiger partial charge is 0.433 e. The standard InChI is InChI=1S/C14H17F3N6O/c1-9(24)18-6-10-3-2-4-22(7-10)12-5-11(14(15,16)17)21-13-19-8-20-23(12)13/h5,8,10H,2-4,6-7H2,1H3,(H,18,24). The molecule has 7 nitrogen and oxygen atoms in total. The van der Waals surface area contributed by atoms with Gasteiger partial charge in [0.1, 0.15) is 12.1 Å². The van der Waals surface area contributed by atoms with Crippen molar-refractivity contribution >= 4 is 17.5 Å². The molecule has 0 radical (unpaired) electrons. The van der Waals surface area contributed by atoms with E-state index < -0.39 is 11.9 Å². The molecule has 3 heterocycles. The summed E-state index contributed by atoms with van der Waals surface area (Å²) >= 11 is 0. The van der Waals surface area contributed by atoms with Crippen LogP contribution in [0.25, 0.3) is 5.78 Å². The zero-order valence-corrected chi connectivity index (χ0v) is 13.0. The van der Waals surface area contributed by atoms with E-state index in [1.165, 1.54) is 17.8 Å². The summed E-state index contributed by atoms with van der Waals surface area (Å²) in [6, 6.07) is 1.00. The van der Waals surface area contributed by atoms with Gasteiger partial charge in [-0.25, -0.2) is 4.98 Å². The molecule has 2 aromatic rings. The van der Waals surface area contributed by atoms with E-state index in [4.69, 9.17) is 0 Å². The van der Waals surface area contributed by atoms with Crippen molar-refractivity contribution in [2.45, 2.75) is 25.9 Å². The van der Waals surface area contributed by atoms with Crippen LogP contribution in [0.3, 0.4) is 0 Å². The molecule has 1 fully saturated rings. The lowest BCUT2D eigenvalue weighted by molar-refractivity contribution is -0.141. The van der Waals surface area contributed by atoms with E-state index in [1.54, 1.807) is 0 Å². The summed E-state index contributed by atoms with van der Waals surface area (Å²) in [7, 11) is 0. The summed E-state index contributed by atoms with van der Waals surface area (Å²) in [4.78, 5) is 20.2. The molecule has 0 saturated carbocycles. The van der Waals surface area contributed by atoms with Gasteiger partial charge in [-0.3, -0.25) is 4.79 Å². The van der Waals surface area contributed by atoms with Crippen LogP contribution in [0.1, 0.15) is 25.5 Å². The van der Waals surface area contributed by atoms with Crippen LogP contribution in [0.5, 0.6) is 0 Å². The number of fused-ring (bicyclic) bond motifs is 1. The van der Waals surface area contributed by atoms with Crippen molar-refractivity contribution in [2.24, 2.45) is 5.92 Å². The van der Waals surface area contributed by atoms with E-state index >= 15 is 0 Å². The predicted octanol–water partition coefficient (Wildman–Crippen LogP) is 1.50. The number of aromatic nitrogens is 4. The Morgan fingerprint density at radius 2 is 2.25 bits per heavy atom. The van der Waals surface area contributed by atoms with Gasteiger partial charge in [0.2, 0.25) is 5.91 Å². The summed E-state index contributed by atoms with van der Waals surface area (Å²) in [5, 5.41) is 6.74. The number of halogens is 3. The number of rotatable bonds is 3. The molecule has 24 heavy (non-hydrogen) atoms. The Balaban J connectivity index is 1.90. The van der Waals surface area contributed by atoms with Gasteiger partial charge in [0.25, 0.3) is 5.78 Å². The van der Waals surface area contributed by atoms with Crippen LogP contribution in [-0.2, 0) is 11.0 Å². The highest BCUT2D eigenvalue weighted by Crippen LogP contribution is 2.31. The fourth-order valence-corrected chi connectivity index (χ4v) is 2.89. The molecule has 0 aliphatic carbocycles. The van der Waals surface area contributed by atoms with Crippen molar-refractivity contribution in [3.05, 3.63) is 18.1 Å². The van der Waals surface area contributed by atoms with Crippen LogP contribution in [0, 0.1) is 5.92 Å². The smallest absolute Gasteiger partial charge is 0.356 e. The number of carbonyl (C=O) groups is 1. The van der Waals surface area contributed by atoms with Crippen molar-refractivity contribution in [2.75, 3.05) is 24.5 Å². The summed E-state index contributed by atoms with van der Waals surface area (Å²) in [6.07, 6.45) is -1.63. The number of hydrogen-bond donors (Lipinski definition) is 1. The predicted molar refractivity (Wildman–Crippen MR) is 79.4 cm³/mol. The maximum atomic E-state index is 13.1. The van der Waals surface area contributed by atoms with Gasteiger partial charge >= 0.3 is 6.18 Å². The summed E-state index contributed by atoms with van der Waals surface area (Å²) in [5.74, 6) is 0.291. The molecule has 130 valence electrons. The van der Waals surface area contributed by atoms with Crippen molar-refractivity contribution in [3.63, 3.8) is 0 Å². The zero-order chi connectivity index (χ0) is 17.3. The average molecular weight is 342 g/mol. The van der Waals surface area contributed by atoms with E-state index in [9.17, 15) is 18.0 Å². The Kier molecular flexibility index (Phi) is 4.29. The summed E-state index contributed by atoms with van der Waals surface area (Å²) in [6.45, 7) is 3.10. The number of nitrogens with zero attached hydrogens (tertiary/aromatic N) is 5. The third kappa shape index (κ3) is 3.41. The second kappa shape index (κ2) is 6.25. The first-order valence-electron chi connectivity index (χ1n) is 7.62. The Labute approximate surface area is 135 Å². The molecule has 3 rings (SSSR count). The maximum absolute atomic E-state index is 13.1. The Bertz CT molecular complexity index is 744. The van der Waals surface area contributed by atoms with Crippen LogP contribution in [0.15, 0.2) is 12.4 Å². The highest BCUT2D eigenvalue weighted by Gasteiger charge is 2.35. The van der Waals surface area contributed by atoms with Crippen molar-refractivity contribution < 1.29 is 18.0 Å². The lowest BCUT2D eigenvalue weighted by Crippen LogP contribution is -2.41. The molecule has 1 aliphatic rings. The van der Waals surface area contributed by atoms with Gasteiger partial charge < -0.3 is 10.2 Å². The number of carbonyl (C=O) groups excluding carboxylic acids is 1. The lowest BCUT2D eigenvalue weighted by Gasteiger charge is -2.34. The third-order valence-electron chi connectivity index (χ3n) is 4.01. The van der Waals surface area contributed by atoms with Gasteiger partial charge in [-0.05, 0) is 18.8 Å². The van der Waals surface area contributed by atoms with Crippen LogP contribution < -0.4 is 10.2 Å². The first-order chi connectivity index (χ1) is 11.3. The summed E-state index contributed by atoms with van der Waals surface area (Å²) in [5.41, 5.74) is -0.984. The van der Waals surface area contributed by atoms with Gasteiger partial charge in [0.05, 0.1) is 0 Å². The first-order valence-corrected chi connectivity index (χ1v) is 7.62. The highest BCUT2D eigenvalue weighted by atomic mass is 19.4. The molecule has 1 N–H and O–H groups in total. The van der Waals surface area contributed by atoms with Crippen molar-refractivity contribution in [1.82, 2.24) is 24.9 Å². The van der Waals surface area contributed by atoms with Gasteiger partial charge in [-0.2, -0.15) is 27.8 Å². The monoisotopic (exact) mass is 342 g/mol. The average Bonchev–Trinajstić information content (AvgIpc) is 3.00. The van der Waals surface area contributed by atoms with Gasteiger partial charge in [-0.15, -0.1) is 0 Å². The zero-order valence-electron chi connectivity index (χ0n) is 13.0. The maximum Gasteiger partial charge on any atom is 0.433 e. The molecule has 1 atom stereocenters. The van der Waals surface area contributed by atoms with Crippen LogP contribution in [0.4, 0.5) is 19.0 Å². The van der Waals surface area contributed by atoms with Crippen LogP contribution in [0.2, 0.25) is 0 Å². The molecule has 0 bridgehead atoms. The minimum atomic E-state index is -4.55. The molecule has 2 aromatic heterocycles. The summed E-state index contributed by atoms with van der Waals surface area (Å²) < 4.78 is 40.5.